The Hall–Kier alpha value is -3.39. The van der Waals surface area contributed by atoms with Gasteiger partial charge in [0.05, 0.1) is 12.1 Å². The van der Waals surface area contributed by atoms with Crippen LogP contribution >= 0.6 is 11.3 Å². The summed E-state index contributed by atoms with van der Waals surface area (Å²) in [5, 5.41) is 6.61. The van der Waals surface area contributed by atoms with Crippen LogP contribution in [-0.4, -0.2) is 26.1 Å². The van der Waals surface area contributed by atoms with Gasteiger partial charge in [0.25, 0.3) is 5.89 Å². The Morgan fingerprint density at radius 2 is 2.07 bits per heavy atom. The second-order valence-electron chi connectivity index (χ2n) is 6.05. The van der Waals surface area contributed by atoms with Crippen molar-refractivity contribution in [2.24, 2.45) is 0 Å². The zero-order chi connectivity index (χ0) is 19.3. The number of ether oxygens (including phenoxy) is 1. The van der Waals surface area contributed by atoms with E-state index < -0.39 is 5.97 Å². The quantitative estimate of drug-likeness (QED) is 0.460. The largest absolute Gasteiger partial charge is 0.455 e. The summed E-state index contributed by atoms with van der Waals surface area (Å²) in [5.74, 6) is 0.323. The first kappa shape index (κ1) is 18.0. The Balaban J connectivity index is 1.34. The minimum Gasteiger partial charge on any atom is -0.455 e. The van der Waals surface area contributed by atoms with Crippen molar-refractivity contribution >= 4 is 17.3 Å². The van der Waals surface area contributed by atoms with E-state index in [0.717, 1.165) is 21.7 Å². The third-order valence-corrected chi connectivity index (χ3v) is 4.94. The molecular weight excluding hydrogens is 376 g/mol. The number of carbonyl (C=O) groups excluding carboxylic acids is 1. The summed E-state index contributed by atoms with van der Waals surface area (Å²) in [6.45, 7) is 1.90. The lowest BCUT2D eigenvalue weighted by Gasteiger charge is -2.00. The molecule has 7 nitrogen and oxygen atoms in total. The molecule has 28 heavy (non-hydrogen) atoms. The van der Waals surface area contributed by atoms with Crippen molar-refractivity contribution in [3.8, 4) is 22.0 Å². The van der Waals surface area contributed by atoms with E-state index in [9.17, 15) is 4.79 Å². The van der Waals surface area contributed by atoms with Gasteiger partial charge in [0, 0.05) is 28.9 Å². The topological polar surface area (TPSA) is 91.0 Å². The molecule has 0 aliphatic carbocycles. The van der Waals surface area contributed by atoms with E-state index in [0.29, 0.717) is 11.5 Å². The van der Waals surface area contributed by atoms with Crippen LogP contribution < -0.4 is 0 Å². The van der Waals surface area contributed by atoms with Gasteiger partial charge >= 0.3 is 5.97 Å². The molecule has 0 bridgehead atoms. The Morgan fingerprint density at radius 3 is 2.89 bits per heavy atom. The minimum atomic E-state index is -0.404. The van der Waals surface area contributed by atoms with E-state index in [4.69, 9.17) is 9.26 Å². The van der Waals surface area contributed by atoms with Crippen molar-refractivity contribution in [2.75, 3.05) is 0 Å². The Labute approximate surface area is 165 Å². The van der Waals surface area contributed by atoms with E-state index in [1.54, 1.807) is 12.4 Å². The number of benzene rings is 1. The first-order valence-corrected chi connectivity index (χ1v) is 9.46. The fourth-order valence-corrected chi connectivity index (χ4v) is 3.41. The van der Waals surface area contributed by atoms with Crippen LogP contribution in [0.3, 0.4) is 0 Å². The molecule has 0 N–H and O–H groups in total. The van der Waals surface area contributed by atoms with Gasteiger partial charge in [0.15, 0.2) is 6.61 Å². The fraction of sp³-hybridized carbons (Fsp3) is 0.150. The lowest BCUT2D eigenvalue weighted by atomic mass is 10.1. The Morgan fingerprint density at radius 1 is 1.18 bits per heavy atom. The van der Waals surface area contributed by atoms with Gasteiger partial charge in [-0.2, -0.15) is 4.98 Å². The number of hydrogen-bond acceptors (Lipinski definition) is 8. The van der Waals surface area contributed by atoms with Gasteiger partial charge in [-0.1, -0.05) is 29.4 Å². The van der Waals surface area contributed by atoms with Crippen LogP contribution in [-0.2, 0) is 22.6 Å². The number of thiazole rings is 1. The number of carbonyl (C=O) groups is 1. The predicted molar refractivity (Wildman–Crippen MR) is 103 cm³/mol. The predicted octanol–water partition coefficient (Wildman–Crippen LogP) is 3.85. The first-order valence-electron chi connectivity index (χ1n) is 8.58. The van der Waals surface area contributed by atoms with Crippen LogP contribution in [0.4, 0.5) is 0 Å². The first-order chi connectivity index (χ1) is 13.7. The van der Waals surface area contributed by atoms with Crippen LogP contribution in [0, 0.1) is 6.92 Å². The van der Waals surface area contributed by atoms with Gasteiger partial charge in [-0.25, -0.2) is 4.98 Å². The minimum absolute atomic E-state index is 0.0721. The summed E-state index contributed by atoms with van der Waals surface area (Å²) >= 11 is 1.46. The highest BCUT2D eigenvalue weighted by molar-refractivity contribution is 7.13. The molecule has 0 saturated heterocycles. The maximum atomic E-state index is 12.1. The number of rotatable bonds is 6. The van der Waals surface area contributed by atoms with Gasteiger partial charge in [0.2, 0.25) is 5.82 Å². The van der Waals surface area contributed by atoms with Crippen molar-refractivity contribution < 1.29 is 14.1 Å². The molecule has 4 aromatic rings. The van der Waals surface area contributed by atoms with Crippen molar-refractivity contribution in [1.82, 2.24) is 20.1 Å². The molecule has 0 radical (unpaired) electrons. The third-order valence-electron chi connectivity index (χ3n) is 4.00. The van der Waals surface area contributed by atoms with Gasteiger partial charge in [0.1, 0.15) is 5.01 Å². The molecule has 0 aliphatic heterocycles. The molecule has 140 valence electrons. The number of aryl methyl sites for hydroxylation is 1. The summed E-state index contributed by atoms with van der Waals surface area (Å²) < 4.78 is 10.4. The zero-order valence-corrected chi connectivity index (χ0v) is 15.8. The molecule has 0 atom stereocenters. The molecule has 0 amide bonds. The van der Waals surface area contributed by atoms with Crippen LogP contribution in [0.1, 0.15) is 17.1 Å². The zero-order valence-electron chi connectivity index (χ0n) is 15.0. The summed E-state index contributed by atoms with van der Waals surface area (Å²) in [6, 6.07) is 11.5. The monoisotopic (exact) mass is 392 g/mol. The number of nitrogens with zero attached hydrogens (tertiary/aromatic N) is 4. The lowest BCUT2D eigenvalue weighted by Crippen LogP contribution is -2.08. The summed E-state index contributed by atoms with van der Waals surface area (Å²) in [7, 11) is 0. The van der Waals surface area contributed by atoms with E-state index in [-0.39, 0.29) is 18.9 Å². The van der Waals surface area contributed by atoms with Gasteiger partial charge in [-0.05, 0) is 24.6 Å². The number of aromatic nitrogens is 4. The molecular formula is C20H16N4O3S. The van der Waals surface area contributed by atoms with Gasteiger partial charge in [-0.15, -0.1) is 11.3 Å². The van der Waals surface area contributed by atoms with Crippen LogP contribution in [0.25, 0.3) is 22.0 Å². The van der Waals surface area contributed by atoms with Crippen molar-refractivity contribution in [2.45, 2.75) is 20.0 Å². The van der Waals surface area contributed by atoms with Gasteiger partial charge < -0.3 is 9.26 Å². The van der Waals surface area contributed by atoms with Crippen molar-refractivity contribution in [3.63, 3.8) is 0 Å². The number of pyridine rings is 1. The third kappa shape index (κ3) is 4.12. The molecule has 0 saturated carbocycles. The average Bonchev–Trinajstić information content (AvgIpc) is 3.37. The number of hydrogen-bond donors (Lipinski definition) is 0. The maximum absolute atomic E-state index is 12.1. The van der Waals surface area contributed by atoms with E-state index in [1.165, 1.54) is 11.3 Å². The molecule has 8 heteroatoms. The van der Waals surface area contributed by atoms with E-state index in [1.807, 2.05) is 48.7 Å². The second kappa shape index (κ2) is 8.10. The highest BCUT2D eigenvalue weighted by Gasteiger charge is 2.14. The Bertz CT molecular complexity index is 1090. The smallest absolute Gasteiger partial charge is 0.312 e. The molecule has 1 aromatic carbocycles. The molecule has 4 rings (SSSR count). The number of esters is 1. The Kier molecular flexibility index (Phi) is 5.20. The molecule has 0 aliphatic rings. The molecule has 0 fully saturated rings. The SMILES string of the molecule is Cc1ccccc1-c1noc(COC(=O)Cc2csc(-c3cccnc3)n2)n1. The summed E-state index contributed by atoms with van der Waals surface area (Å²) in [5.41, 5.74) is 3.50. The van der Waals surface area contributed by atoms with Crippen LogP contribution in [0.5, 0.6) is 0 Å². The molecule has 3 heterocycles. The highest BCUT2D eigenvalue weighted by atomic mass is 32.1. The van der Waals surface area contributed by atoms with Gasteiger partial charge in [-0.3, -0.25) is 9.78 Å². The highest BCUT2D eigenvalue weighted by Crippen LogP contribution is 2.23. The van der Waals surface area contributed by atoms with Crippen LogP contribution in [0.2, 0.25) is 0 Å². The molecule has 3 aromatic heterocycles. The standard InChI is InChI=1S/C20H16N4O3S/c1-13-5-2-3-7-16(13)19-23-17(27-24-19)11-26-18(25)9-15-12-28-20(22-15)14-6-4-8-21-10-14/h2-8,10,12H,9,11H2,1H3. The summed E-state index contributed by atoms with van der Waals surface area (Å²) in [4.78, 5) is 24.9. The lowest BCUT2D eigenvalue weighted by molar-refractivity contribution is -0.144. The maximum Gasteiger partial charge on any atom is 0.312 e. The second-order valence-corrected chi connectivity index (χ2v) is 6.91. The summed E-state index contributed by atoms with van der Waals surface area (Å²) in [6.07, 6.45) is 3.52. The molecule has 0 spiro atoms. The van der Waals surface area contributed by atoms with E-state index >= 15 is 0 Å². The average molecular weight is 392 g/mol. The van der Waals surface area contributed by atoms with E-state index in [2.05, 4.69) is 20.1 Å². The normalized spacial score (nSPS) is 10.8. The van der Waals surface area contributed by atoms with Crippen LogP contribution in [0.15, 0.2) is 58.7 Å². The van der Waals surface area contributed by atoms with Crippen molar-refractivity contribution in [1.29, 1.82) is 0 Å². The van der Waals surface area contributed by atoms with Crippen molar-refractivity contribution in [3.05, 3.63) is 71.3 Å². The molecule has 0 unspecified atom stereocenters. The fourth-order valence-electron chi connectivity index (χ4n) is 2.60.